The monoisotopic (exact) mass is 369 g/mol. The molecule has 0 unspecified atom stereocenters. The van der Waals surface area contributed by atoms with Crippen LogP contribution in [0.25, 0.3) is 0 Å². The average Bonchev–Trinajstić information content (AvgIpc) is 3.11. The number of esters is 1. The number of hydrogen-bond acceptors (Lipinski definition) is 6. The van der Waals surface area contributed by atoms with Crippen LogP contribution in [0, 0.1) is 11.8 Å². The number of likely N-dealkylation sites (tertiary alicyclic amines) is 1. The van der Waals surface area contributed by atoms with Gasteiger partial charge in [-0.3, -0.25) is 24.1 Å². The Hall–Kier alpha value is -1.73. The highest BCUT2D eigenvalue weighted by Crippen LogP contribution is 2.37. The number of ketones is 1. The fraction of sp³-hybridized carbons (Fsp3) is 0.500. The molecule has 1 saturated heterocycles. The molecule has 1 aromatic rings. The molecule has 24 heavy (non-hydrogen) atoms. The number of rotatable bonds is 5. The molecule has 2 fully saturated rings. The first kappa shape index (κ1) is 17.1. The van der Waals surface area contributed by atoms with E-state index in [9.17, 15) is 19.2 Å². The lowest BCUT2D eigenvalue weighted by atomic mass is 9.81. The van der Waals surface area contributed by atoms with Crippen LogP contribution in [0.3, 0.4) is 0 Å². The topological polar surface area (TPSA) is 80.8 Å². The third-order valence-electron chi connectivity index (χ3n) is 4.43. The summed E-state index contributed by atoms with van der Waals surface area (Å²) in [6, 6.07) is 3.14. The van der Waals surface area contributed by atoms with Crippen LogP contribution >= 0.6 is 22.9 Å². The maximum Gasteiger partial charge on any atom is 0.326 e. The minimum absolute atomic E-state index is 0.294. The van der Waals surface area contributed by atoms with Gasteiger partial charge in [-0.05, 0) is 25.0 Å². The minimum atomic E-state index is -0.758. The van der Waals surface area contributed by atoms with E-state index >= 15 is 0 Å². The zero-order valence-corrected chi connectivity index (χ0v) is 14.4. The largest absolute Gasteiger partial charge is 0.456 e. The predicted molar refractivity (Wildman–Crippen MR) is 86.8 cm³/mol. The lowest BCUT2D eigenvalue weighted by molar-refractivity contribution is -0.152. The molecule has 0 aromatic carbocycles. The SMILES string of the molecule is O=C(CN1C(=O)[C@@H]2CCCC[C@H]2C1=O)OCC(=O)c1ccc(Cl)s1. The van der Waals surface area contributed by atoms with Crippen molar-refractivity contribution in [1.82, 2.24) is 4.90 Å². The summed E-state index contributed by atoms with van der Waals surface area (Å²) in [6.45, 7) is -0.859. The number of thiophene rings is 1. The molecule has 1 aliphatic heterocycles. The van der Waals surface area contributed by atoms with Gasteiger partial charge >= 0.3 is 5.97 Å². The summed E-state index contributed by atoms with van der Waals surface area (Å²) < 4.78 is 5.38. The quantitative estimate of drug-likeness (QED) is 0.452. The van der Waals surface area contributed by atoms with Gasteiger partial charge in [0.05, 0.1) is 21.0 Å². The zero-order chi connectivity index (χ0) is 17.3. The number of nitrogens with zero attached hydrogens (tertiary/aromatic N) is 1. The number of carbonyl (C=O) groups excluding carboxylic acids is 4. The summed E-state index contributed by atoms with van der Waals surface area (Å²) in [7, 11) is 0. The number of fused-ring (bicyclic) bond motifs is 1. The zero-order valence-electron chi connectivity index (χ0n) is 12.8. The summed E-state index contributed by atoms with van der Waals surface area (Å²) in [5, 5.41) is 0. The first-order valence-corrected chi connectivity index (χ1v) is 8.96. The Morgan fingerprint density at radius 3 is 2.33 bits per heavy atom. The van der Waals surface area contributed by atoms with Crippen LogP contribution in [0.4, 0.5) is 0 Å². The second-order valence-electron chi connectivity index (χ2n) is 5.95. The summed E-state index contributed by atoms with van der Waals surface area (Å²) in [5.41, 5.74) is 0. The number of imide groups is 1. The summed E-state index contributed by atoms with van der Waals surface area (Å²) >= 11 is 6.85. The van der Waals surface area contributed by atoms with Gasteiger partial charge < -0.3 is 4.74 Å². The third kappa shape index (κ3) is 3.37. The Bertz CT molecular complexity index is 676. The Kier molecular flexibility index (Phi) is 5.01. The van der Waals surface area contributed by atoms with E-state index in [-0.39, 0.29) is 29.4 Å². The lowest BCUT2D eigenvalue weighted by Crippen LogP contribution is -2.37. The van der Waals surface area contributed by atoms with Crippen LogP contribution in [0.5, 0.6) is 0 Å². The maximum atomic E-state index is 12.3. The maximum absolute atomic E-state index is 12.3. The van der Waals surface area contributed by atoms with Crippen LogP contribution in [-0.2, 0) is 19.1 Å². The molecule has 2 amide bonds. The minimum Gasteiger partial charge on any atom is -0.456 e. The summed E-state index contributed by atoms with van der Waals surface area (Å²) in [4.78, 5) is 49.7. The van der Waals surface area contributed by atoms with Crippen LogP contribution in [0.15, 0.2) is 12.1 Å². The fourth-order valence-electron chi connectivity index (χ4n) is 3.24. The van der Waals surface area contributed by atoms with E-state index in [2.05, 4.69) is 0 Å². The predicted octanol–water partition coefficient (Wildman–Crippen LogP) is 2.30. The van der Waals surface area contributed by atoms with Crippen molar-refractivity contribution < 1.29 is 23.9 Å². The van der Waals surface area contributed by atoms with E-state index in [0.717, 1.165) is 29.1 Å². The first-order chi connectivity index (χ1) is 11.5. The van der Waals surface area contributed by atoms with Crippen molar-refractivity contribution in [3.8, 4) is 0 Å². The van der Waals surface area contributed by atoms with Crippen molar-refractivity contribution >= 4 is 46.5 Å². The number of halogens is 1. The van der Waals surface area contributed by atoms with Crippen molar-refractivity contribution in [3.63, 3.8) is 0 Å². The molecule has 1 aromatic heterocycles. The second kappa shape index (κ2) is 7.03. The molecule has 0 radical (unpaired) electrons. The van der Waals surface area contributed by atoms with Crippen LogP contribution < -0.4 is 0 Å². The molecule has 1 aliphatic carbocycles. The molecule has 2 aliphatic rings. The molecular formula is C16H16ClNO5S. The molecule has 0 bridgehead atoms. The van der Waals surface area contributed by atoms with E-state index in [1.807, 2.05) is 0 Å². The molecule has 6 nitrogen and oxygen atoms in total. The van der Waals surface area contributed by atoms with Gasteiger partial charge in [0.25, 0.3) is 0 Å². The molecule has 128 valence electrons. The summed E-state index contributed by atoms with van der Waals surface area (Å²) in [5.74, 6) is -2.31. The smallest absolute Gasteiger partial charge is 0.326 e. The van der Waals surface area contributed by atoms with Gasteiger partial charge in [0.1, 0.15) is 6.54 Å². The standard InChI is InChI=1S/C16H16ClNO5S/c17-13-6-5-12(24-13)11(19)8-23-14(20)7-18-15(21)9-3-1-2-4-10(9)16(18)22/h5-6,9-10H,1-4,7-8H2/t9-,10-/m1/s1. The van der Waals surface area contributed by atoms with Gasteiger partial charge in [0.2, 0.25) is 17.6 Å². The van der Waals surface area contributed by atoms with E-state index < -0.39 is 19.1 Å². The van der Waals surface area contributed by atoms with Gasteiger partial charge in [0.15, 0.2) is 6.61 Å². The highest BCUT2D eigenvalue weighted by Gasteiger charge is 2.48. The van der Waals surface area contributed by atoms with E-state index in [1.54, 1.807) is 12.1 Å². The molecule has 3 rings (SSSR count). The van der Waals surface area contributed by atoms with Gasteiger partial charge in [-0.15, -0.1) is 11.3 Å². The Morgan fingerprint density at radius 2 is 1.79 bits per heavy atom. The molecule has 0 spiro atoms. The molecular weight excluding hydrogens is 354 g/mol. The number of ether oxygens (including phenoxy) is 1. The van der Waals surface area contributed by atoms with Gasteiger partial charge in [-0.25, -0.2) is 0 Å². The van der Waals surface area contributed by atoms with Gasteiger partial charge in [-0.1, -0.05) is 24.4 Å². The van der Waals surface area contributed by atoms with Crippen LogP contribution in [-0.4, -0.2) is 41.6 Å². The number of Topliss-reactive ketones (excluding diaryl/α,β-unsaturated/α-hetero) is 1. The van der Waals surface area contributed by atoms with E-state index in [1.165, 1.54) is 0 Å². The number of amides is 2. The highest BCUT2D eigenvalue weighted by atomic mass is 35.5. The Labute approximate surface area is 147 Å². The fourth-order valence-corrected chi connectivity index (χ4v) is 4.21. The van der Waals surface area contributed by atoms with Crippen LogP contribution in [0.1, 0.15) is 35.4 Å². The average molecular weight is 370 g/mol. The molecule has 8 heteroatoms. The van der Waals surface area contributed by atoms with Crippen LogP contribution in [0.2, 0.25) is 4.34 Å². The third-order valence-corrected chi connectivity index (χ3v) is 5.70. The summed E-state index contributed by atoms with van der Waals surface area (Å²) in [6.07, 6.45) is 3.24. The van der Waals surface area contributed by atoms with Crippen molar-refractivity contribution in [2.75, 3.05) is 13.2 Å². The van der Waals surface area contributed by atoms with Gasteiger partial charge in [-0.2, -0.15) is 0 Å². The van der Waals surface area contributed by atoms with E-state index in [4.69, 9.17) is 16.3 Å². The Morgan fingerprint density at radius 1 is 1.17 bits per heavy atom. The first-order valence-electron chi connectivity index (χ1n) is 7.76. The van der Waals surface area contributed by atoms with E-state index in [0.29, 0.717) is 22.1 Å². The number of hydrogen-bond donors (Lipinski definition) is 0. The van der Waals surface area contributed by atoms with Crippen molar-refractivity contribution in [2.45, 2.75) is 25.7 Å². The number of carbonyl (C=O) groups is 4. The highest BCUT2D eigenvalue weighted by molar-refractivity contribution is 7.18. The lowest BCUT2D eigenvalue weighted by Gasteiger charge is -2.19. The van der Waals surface area contributed by atoms with Crippen molar-refractivity contribution in [3.05, 3.63) is 21.3 Å². The normalized spacial score (nSPS) is 23.3. The van der Waals surface area contributed by atoms with Crippen molar-refractivity contribution in [2.24, 2.45) is 11.8 Å². The van der Waals surface area contributed by atoms with Crippen molar-refractivity contribution in [1.29, 1.82) is 0 Å². The second-order valence-corrected chi connectivity index (χ2v) is 7.66. The van der Waals surface area contributed by atoms with Gasteiger partial charge in [0, 0.05) is 0 Å². The molecule has 2 atom stereocenters. The molecule has 1 saturated carbocycles. The molecule has 2 heterocycles. The molecule has 0 N–H and O–H groups in total. The Balaban J connectivity index is 1.54.